The van der Waals surface area contributed by atoms with E-state index in [1.54, 1.807) is 6.92 Å². The minimum Gasteiger partial charge on any atom is -0.492 e. The number of piperidine rings is 1. The minimum atomic E-state index is -0.712. The Labute approximate surface area is 248 Å². The van der Waals surface area contributed by atoms with Crippen LogP contribution in [0.1, 0.15) is 43.4 Å². The van der Waals surface area contributed by atoms with Gasteiger partial charge in [0.05, 0.1) is 6.61 Å². The molecule has 1 N–H and O–H groups in total. The molecule has 3 aromatic rings. The molecule has 0 radical (unpaired) electrons. The molecule has 41 heavy (non-hydrogen) atoms. The second kappa shape index (κ2) is 13.7. The Morgan fingerprint density at radius 1 is 0.927 bits per heavy atom. The van der Waals surface area contributed by atoms with Gasteiger partial charge in [-0.1, -0.05) is 61.8 Å². The summed E-state index contributed by atoms with van der Waals surface area (Å²) in [4.78, 5) is 15.2. The van der Waals surface area contributed by atoms with Crippen molar-refractivity contribution in [1.82, 2.24) is 10.2 Å². The van der Waals surface area contributed by atoms with Gasteiger partial charge in [-0.15, -0.1) is 0 Å². The second-order valence-electron chi connectivity index (χ2n) is 11.4. The topological polar surface area (TPSA) is 60.0 Å². The van der Waals surface area contributed by atoms with Gasteiger partial charge in [-0.05, 0) is 77.8 Å². The maximum Gasteiger partial charge on any atom is 0.347 e. The molecule has 0 aromatic heterocycles. The van der Waals surface area contributed by atoms with Crippen LogP contribution in [-0.4, -0.2) is 55.9 Å². The van der Waals surface area contributed by atoms with E-state index >= 15 is 0 Å². The minimum absolute atomic E-state index is 0.315. The van der Waals surface area contributed by atoms with Gasteiger partial charge in [0.1, 0.15) is 18.1 Å². The Bertz CT molecular complexity index is 1250. The predicted molar refractivity (Wildman–Crippen MR) is 163 cm³/mol. The van der Waals surface area contributed by atoms with E-state index in [-0.39, 0.29) is 5.97 Å². The van der Waals surface area contributed by atoms with Crippen molar-refractivity contribution in [2.24, 2.45) is 11.8 Å². The van der Waals surface area contributed by atoms with Crippen LogP contribution >= 0.6 is 11.6 Å². The zero-order valence-corrected chi connectivity index (χ0v) is 25.0. The molecule has 5 rings (SSSR count). The van der Waals surface area contributed by atoms with Crippen molar-refractivity contribution in [3.8, 4) is 11.5 Å². The van der Waals surface area contributed by atoms with E-state index < -0.39 is 6.10 Å². The fourth-order valence-electron chi connectivity index (χ4n) is 5.73. The molecular weight excluding hydrogens is 536 g/mol. The summed E-state index contributed by atoms with van der Waals surface area (Å²) >= 11 is 6.01. The third-order valence-electron chi connectivity index (χ3n) is 8.06. The summed E-state index contributed by atoms with van der Waals surface area (Å²) < 4.78 is 17.3. The van der Waals surface area contributed by atoms with E-state index in [4.69, 9.17) is 25.8 Å². The van der Waals surface area contributed by atoms with Crippen molar-refractivity contribution in [2.75, 3.05) is 32.8 Å². The molecule has 7 heteroatoms. The first-order chi connectivity index (χ1) is 19.9. The zero-order valence-electron chi connectivity index (χ0n) is 24.2. The summed E-state index contributed by atoms with van der Waals surface area (Å²) in [6, 6.07) is 24.6. The van der Waals surface area contributed by atoms with Crippen molar-refractivity contribution < 1.29 is 19.0 Å². The largest absolute Gasteiger partial charge is 0.492 e. The summed E-state index contributed by atoms with van der Waals surface area (Å²) in [7, 11) is 0. The number of benzene rings is 3. The first-order valence-corrected chi connectivity index (χ1v) is 15.1. The number of hydrogen-bond donors (Lipinski definition) is 1. The number of halogens is 1. The summed E-state index contributed by atoms with van der Waals surface area (Å²) in [5, 5.41) is 4.47. The first-order valence-electron chi connectivity index (χ1n) is 14.7. The normalized spacial score (nSPS) is 20.5. The Morgan fingerprint density at radius 2 is 1.56 bits per heavy atom. The lowest BCUT2D eigenvalue weighted by molar-refractivity contribution is -0.151. The highest BCUT2D eigenvalue weighted by atomic mass is 35.5. The highest BCUT2D eigenvalue weighted by molar-refractivity contribution is 6.30. The number of rotatable bonds is 14. The van der Waals surface area contributed by atoms with Gasteiger partial charge in [-0.3, -0.25) is 4.90 Å². The number of carbonyl (C=O) groups is 1. The number of nitrogens with one attached hydrogen (secondary N) is 1. The Hall–Kier alpha value is -3.06. The third kappa shape index (κ3) is 8.03. The van der Waals surface area contributed by atoms with Gasteiger partial charge in [0.2, 0.25) is 0 Å². The smallest absolute Gasteiger partial charge is 0.347 e. The van der Waals surface area contributed by atoms with Crippen molar-refractivity contribution in [2.45, 2.75) is 51.8 Å². The quantitative estimate of drug-likeness (QED) is 0.184. The van der Waals surface area contributed by atoms with Crippen LogP contribution in [0.25, 0.3) is 0 Å². The van der Waals surface area contributed by atoms with E-state index in [2.05, 4.69) is 36.2 Å². The van der Waals surface area contributed by atoms with E-state index in [9.17, 15) is 4.79 Å². The standard InChI is InChI=1S/C34H41ClN2O4/c1-4-39-34(38)32(41-29-15-9-26(10-16-29)23(2)3)19-24-7-13-28(14-8-24)40-18-17-36-33-30-21-37(22-31(30)33)20-25-5-11-27(35)12-6-25/h5-16,23,30-33,36H,4,17-22H2,1-3H3/t30?,31?,32-,33?/m0/s1. The molecule has 1 saturated carbocycles. The zero-order chi connectivity index (χ0) is 28.8. The molecule has 218 valence electrons. The van der Waals surface area contributed by atoms with Gasteiger partial charge in [-0.25, -0.2) is 4.79 Å². The van der Waals surface area contributed by atoms with E-state index in [0.717, 1.165) is 54.4 Å². The van der Waals surface area contributed by atoms with Gasteiger partial charge < -0.3 is 19.5 Å². The molecule has 0 bridgehead atoms. The second-order valence-corrected chi connectivity index (χ2v) is 11.8. The van der Waals surface area contributed by atoms with Gasteiger partial charge in [-0.2, -0.15) is 0 Å². The molecule has 2 fully saturated rings. The fourth-order valence-corrected chi connectivity index (χ4v) is 5.85. The summed E-state index contributed by atoms with van der Waals surface area (Å²) in [6.45, 7) is 11.1. The van der Waals surface area contributed by atoms with Crippen LogP contribution in [0.15, 0.2) is 72.8 Å². The van der Waals surface area contributed by atoms with Crippen LogP contribution in [0.4, 0.5) is 0 Å². The van der Waals surface area contributed by atoms with E-state index in [1.165, 1.54) is 11.1 Å². The number of ether oxygens (including phenoxy) is 3. The molecular formula is C34H41ClN2O4. The molecule has 2 unspecified atom stereocenters. The maximum absolute atomic E-state index is 12.6. The molecule has 1 aliphatic heterocycles. The average Bonchev–Trinajstić information content (AvgIpc) is 3.42. The average molecular weight is 577 g/mol. The predicted octanol–water partition coefficient (Wildman–Crippen LogP) is 6.12. The molecule has 1 aliphatic carbocycles. The van der Waals surface area contributed by atoms with Crippen molar-refractivity contribution in [1.29, 1.82) is 0 Å². The molecule has 0 spiro atoms. The molecule has 1 saturated heterocycles. The Kier molecular flexibility index (Phi) is 9.86. The van der Waals surface area contributed by atoms with Gasteiger partial charge in [0, 0.05) is 43.7 Å². The molecule has 6 nitrogen and oxygen atoms in total. The highest BCUT2D eigenvalue weighted by Crippen LogP contribution is 2.45. The van der Waals surface area contributed by atoms with Crippen molar-refractivity contribution in [3.05, 3.63) is 94.5 Å². The van der Waals surface area contributed by atoms with Crippen molar-refractivity contribution in [3.63, 3.8) is 0 Å². The van der Waals surface area contributed by atoms with Crippen LogP contribution in [0.2, 0.25) is 5.02 Å². The van der Waals surface area contributed by atoms with Gasteiger partial charge >= 0.3 is 5.97 Å². The van der Waals surface area contributed by atoms with E-state index in [0.29, 0.717) is 37.3 Å². The lowest BCUT2D eigenvalue weighted by atomic mass is 10.0. The number of esters is 1. The SMILES string of the molecule is CCOC(=O)[C@H](Cc1ccc(OCCNC2C3CN(Cc4ccc(Cl)cc4)CC32)cc1)Oc1ccc(C(C)C)cc1. The third-order valence-corrected chi connectivity index (χ3v) is 8.31. The van der Waals surface area contributed by atoms with E-state index in [1.807, 2.05) is 60.7 Å². The lowest BCUT2D eigenvalue weighted by Crippen LogP contribution is -2.33. The summed E-state index contributed by atoms with van der Waals surface area (Å²) in [5.74, 6) is 3.04. The monoisotopic (exact) mass is 576 g/mol. The number of carbonyl (C=O) groups excluding carboxylic acids is 1. The lowest BCUT2D eigenvalue weighted by Gasteiger charge is -2.20. The summed E-state index contributed by atoms with van der Waals surface area (Å²) in [6.07, 6.45) is -0.289. The maximum atomic E-state index is 12.6. The fraction of sp³-hybridized carbons (Fsp3) is 0.441. The van der Waals surface area contributed by atoms with Crippen molar-refractivity contribution >= 4 is 17.6 Å². The molecule has 3 aromatic carbocycles. The van der Waals surface area contributed by atoms with Crippen LogP contribution in [0, 0.1) is 11.8 Å². The molecule has 2 aliphatic rings. The number of nitrogens with zero attached hydrogens (tertiary/aromatic N) is 1. The number of likely N-dealkylation sites (tertiary alicyclic amines) is 1. The molecule has 3 atom stereocenters. The number of hydrogen-bond acceptors (Lipinski definition) is 6. The van der Waals surface area contributed by atoms with Crippen LogP contribution in [0.5, 0.6) is 11.5 Å². The number of fused-ring (bicyclic) bond motifs is 1. The molecule has 1 heterocycles. The Balaban J connectivity index is 1.03. The van der Waals surface area contributed by atoms with Crippen LogP contribution in [-0.2, 0) is 22.5 Å². The Morgan fingerprint density at radius 3 is 2.20 bits per heavy atom. The highest BCUT2D eigenvalue weighted by Gasteiger charge is 2.55. The van der Waals surface area contributed by atoms with Crippen LogP contribution < -0.4 is 14.8 Å². The van der Waals surface area contributed by atoms with Gasteiger partial charge in [0.15, 0.2) is 6.10 Å². The van der Waals surface area contributed by atoms with Gasteiger partial charge in [0.25, 0.3) is 0 Å². The summed E-state index contributed by atoms with van der Waals surface area (Å²) in [5.41, 5.74) is 3.54. The molecule has 0 amide bonds. The first kappa shape index (κ1) is 29.4. The van der Waals surface area contributed by atoms with Crippen LogP contribution in [0.3, 0.4) is 0 Å².